The molecule has 2 N–H and O–H groups in total. The van der Waals surface area contributed by atoms with E-state index in [2.05, 4.69) is 46.0 Å². The Morgan fingerprint density at radius 1 is 1.25 bits per heavy atom. The highest BCUT2D eigenvalue weighted by molar-refractivity contribution is 7.10. The van der Waals surface area contributed by atoms with Crippen molar-refractivity contribution in [3.63, 3.8) is 0 Å². The summed E-state index contributed by atoms with van der Waals surface area (Å²) < 4.78 is 0. The molecule has 4 rings (SSSR count). The first-order valence-electron chi connectivity index (χ1n) is 7.26. The number of nitrogens with one attached hydrogen (secondary N) is 2. The molecule has 1 aliphatic carbocycles. The van der Waals surface area contributed by atoms with Gasteiger partial charge in [-0.2, -0.15) is 0 Å². The molecule has 0 fully saturated rings. The minimum Gasteiger partial charge on any atom is -0.361 e. The van der Waals surface area contributed by atoms with Gasteiger partial charge in [0.1, 0.15) is 0 Å². The Kier molecular flexibility index (Phi) is 3.09. The summed E-state index contributed by atoms with van der Waals surface area (Å²) in [6.07, 6.45) is 5.84. The number of rotatable bonds is 3. The van der Waals surface area contributed by atoms with Gasteiger partial charge in [0, 0.05) is 29.2 Å². The topological polar surface area (TPSA) is 27.8 Å². The van der Waals surface area contributed by atoms with Crippen LogP contribution in [0.1, 0.15) is 34.9 Å². The largest absolute Gasteiger partial charge is 0.361 e. The number of para-hydroxylation sites is 1. The van der Waals surface area contributed by atoms with E-state index in [9.17, 15) is 0 Å². The summed E-state index contributed by atoms with van der Waals surface area (Å²) in [5.41, 5.74) is 4.15. The molecule has 0 radical (unpaired) electrons. The van der Waals surface area contributed by atoms with E-state index in [0.29, 0.717) is 6.04 Å². The molecule has 0 saturated heterocycles. The molecular weight excluding hydrogens is 264 g/mol. The van der Waals surface area contributed by atoms with Crippen molar-refractivity contribution < 1.29 is 0 Å². The van der Waals surface area contributed by atoms with Crippen molar-refractivity contribution in [1.29, 1.82) is 0 Å². The molecule has 1 aliphatic rings. The van der Waals surface area contributed by atoms with Crippen LogP contribution in [0.15, 0.2) is 41.9 Å². The van der Waals surface area contributed by atoms with Crippen molar-refractivity contribution in [3.05, 3.63) is 57.9 Å². The maximum absolute atomic E-state index is 3.75. The van der Waals surface area contributed by atoms with Crippen molar-refractivity contribution in [2.75, 3.05) is 0 Å². The minimum atomic E-state index is 0.523. The van der Waals surface area contributed by atoms with Gasteiger partial charge in [0.15, 0.2) is 0 Å². The lowest BCUT2D eigenvalue weighted by atomic mass is 9.94. The zero-order valence-corrected chi connectivity index (χ0v) is 12.2. The standard InChI is InChI=1S/C17H18N2S/c1-3-12-7-9-18-17(12)13(4-1)11-19-15-5-2-6-16-14(15)8-10-20-16/h1,3-4,7-10,15,18-19H,2,5-6,11H2. The lowest BCUT2D eigenvalue weighted by Gasteiger charge is -2.24. The Bertz CT molecular complexity index is 725. The number of H-pyrrole nitrogens is 1. The van der Waals surface area contributed by atoms with Gasteiger partial charge < -0.3 is 10.3 Å². The molecule has 0 bridgehead atoms. The zero-order valence-electron chi connectivity index (χ0n) is 11.4. The molecule has 1 atom stereocenters. The Morgan fingerprint density at radius 3 is 3.25 bits per heavy atom. The minimum absolute atomic E-state index is 0.523. The summed E-state index contributed by atoms with van der Waals surface area (Å²) in [6.45, 7) is 0.928. The lowest BCUT2D eigenvalue weighted by molar-refractivity contribution is 0.464. The van der Waals surface area contributed by atoms with Crippen LogP contribution in [0.4, 0.5) is 0 Å². The van der Waals surface area contributed by atoms with Crippen LogP contribution in [0.3, 0.4) is 0 Å². The smallest absolute Gasteiger partial charge is 0.0499 e. The number of aromatic amines is 1. The molecule has 0 saturated carbocycles. The third-order valence-corrected chi connectivity index (χ3v) is 5.26. The van der Waals surface area contributed by atoms with Crippen molar-refractivity contribution in [2.45, 2.75) is 31.8 Å². The summed E-state index contributed by atoms with van der Waals surface area (Å²) in [7, 11) is 0. The first-order chi connectivity index (χ1) is 9.92. The molecule has 3 heteroatoms. The van der Waals surface area contributed by atoms with Gasteiger partial charge in [0.25, 0.3) is 0 Å². The quantitative estimate of drug-likeness (QED) is 0.732. The number of hydrogen-bond acceptors (Lipinski definition) is 2. The Balaban J connectivity index is 1.56. The maximum Gasteiger partial charge on any atom is 0.0499 e. The van der Waals surface area contributed by atoms with E-state index in [0.717, 1.165) is 6.54 Å². The highest BCUT2D eigenvalue weighted by atomic mass is 32.1. The number of thiophene rings is 1. The van der Waals surface area contributed by atoms with Crippen LogP contribution in [0.5, 0.6) is 0 Å². The van der Waals surface area contributed by atoms with Crippen molar-refractivity contribution >= 4 is 22.2 Å². The van der Waals surface area contributed by atoms with Gasteiger partial charge in [0.05, 0.1) is 0 Å². The van der Waals surface area contributed by atoms with Gasteiger partial charge in [-0.05, 0) is 53.3 Å². The molecule has 0 aliphatic heterocycles. The van der Waals surface area contributed by atoms with E-state index in [1.807, 2.05) is 17.5 Å². The third-order valence-electron chi connectivity index (χ3n) is 4.26. The Hall–Kier alpha value is -1.58. The van der Waals surface area contributed by atoms with Gasteiger partial charge in [0.2, 0.25) is 0 Å². The zero-order chi connectivity index (χ0) is 13.4. The van der Waals surface area contributed by atoms with Crippen molar-refractivity contribution in [2.24, 2.45) is 0 Å². The summed E-state index contributed by atoms with van der Waals surface area (Å²) in [5, 5.41) is 7.28. The van der Waals surface area contributed by atoms with Gasteiger partial charge in [-0.1, -0.05) is 18.2 Å². The molecule has 1 unspecified atom stereocenters. The number of fused-ring (bicyclic) bond motifs is 2. The lowest BCUT2D eigenvalue weighted by Crippen LogP contribution is -2.23. The van der Waals surface area contributed by atoms with Crippen LogP contribution in [0.2, 0.25) is 0 Å². The van der Waals surface area contributed by atoms with Crippen LogP contribution in [0, 0.1) is 0 Å². The molecule has 0 spiro atoms. The summed E-state index contributed by atoms with van der Waals surface area (Å²) >= 11 is 1.91. The van der Waals surface area contributed by atoms with Gasteiger partial charge in [-0.15, -0.1) is 11.3 Å². The van der Waals surface area contributed by atoms with Gasteiger partial charge in [-0.25, -0.2) is 0 Å². The van der Waals surface area contributed by atoms with E-state index < -0.39 is 0 Å². The van der Waals surface area contributed by atoms with Crippen LogP contribution in [-0.4, -0.2) is 4.98 Å². The molecule has 102 valence electrons. The van der Waals surface area contributed by atoms with Crippen LogP contribution >= 0.6 is 11.3 Å². The number of benzene rings is 1. The fourth-order valence-electron chi connectivity index (χ4n) is 3.23. The van der Waals surface area contributed by atoms with E-state index in [-0.39, 0.29) is 0 Å². The van der Waals surface area contributed by atoms with Gasteiger partial charge in [-0.3, -0.25) is 0 Å². The maximum atomic E-state index is 3.75. The first-order valence-corrected chi connectivity index (χ1v) is 8.14. The number of hydrogen-bond donors (Lipinski definition) is 2. The van der Waals surface area contributed by atoms with Crippen molar-refractivity contribution in [1.82, 2.24) is 10.3 Å². The number of aromatic nitrogens is 1. The second-order valence-corrected chi connectivity index (χ2v) is 6.48. The second kappa shape index (κ2) is 5.08. The van der Waals surface area contributed by atoms with Crippen LogP contribution in [-0.2, 0) is 13.0 Å². The molecule has 2 aromatic heterocycles. The highest BCUT2D eigenvalue weighted by Gasteiger charge is 2.20. The van der Waals surface area contributed by atoms with Crippen LogP contribution < -0.4 is 5.32 Å². The Morgan fingerprint density at radius 2 is 2.25 bits per heavy atom. The van der Waals surface area contributed by atoms with E-state index in [1.165, 1.54) is 41.3 Å². The Labute approximate surface area is 122 Å². The molecule has 2 heterocycles. The van der Waals surface area contributed by atoms with Crippen LogP contribution in [0.25, 0.3) is 10.9 Å². The molecule has 3 aromatic rings. The van der Waals surface area contributed by atoms with E-state index >= 15 is 0 Å². The van der Waals surface area contributed by atoms with E-state index in [1.54, 1.807) is 4.88 Å². The summed E-state index contributed by atoms with van der Waals surface area (Å²) in [4.78, 5) is 4.93. The summed E-state index contributed by atoms with van der Waals surface area (Å²) in [6, 6.07) is 11.5. The predicted molar refractivity (Wildman–Crippen MR) is 85.1 cm³/mol. The third kappa shape index (κ3) is 2.07. The fourth-order valence-corrected chi connectivity index (χ4v) is 4.22. The number of aryl methyl sites for hydroxylation is 1. The molecule has 1 aromatic carbocycles. The second-order valence-electron chi connectivity index (χ2n) is 5.48. The highest BCUT2D eigenvalue weighted by Crippen LogP contribution is 2.33. The van der Waals surface area contributed by atoms with Crippen molar-refractivity contribution in [3.8, 4) is 0 Å². The summed E-state index contributed by atoms with van der Waals surface area (Å²) in [5.74, 6) is 0. The fraction of sp³-hybridized carbons (Fsp3) is 0.294. The predicted octanol–water partition coefficient (Wildman–Crippen LogP) is 4.40. The van der Waals surface area contributed by atoms with E-state index in [4.69, 9.17) is 0 Å². The monoisotopic (exact) mass is 282 g/mol. The average Bonchev–Trinajstić information content (AvgIpc) is 3.13. The molecule has 2 nitrogen and oxygen atoms in total. The molecule has 0 amide bonds. The first kappa shape index (κ1) is 12.2. The molecular formula is C17H18N2S. The van der Waals surface area contributed by atoms with Gasteiger partial charge >= 0.3 is 0 Å². The normalized spacial score (nSPS) is 18.3. The SMILES string of the molecule is c1cc(CNC2CCCc3sccc32)c2[nH]ccc2c1. The molecule has 20 heavy (non-hydrogen) atoms. The average molecular weight is 282 g/mol.